The van der Waals surface area contributed by atoms with Gasteiger partial charge in [-0.2, -0.15) is 0 Å². The van der Waals surface area contributed by atoms with Gasteiger partial charge in [0.05, 0.1) is 32.6 Å². The summed E-state index contributed by atoms with van der Waals surface area (Å²) in [6, 6.07) is 4.09. The molecule has 3 nitrogen and oxygen atoms in total. The maximum Gasteiger partial charge on any atom is 0.115 e. The number of hydrogen-bond donors (Lipinski definition) is 2. The van der Waals surface area contributed by atoms with Crippen LogP contribution in [0.2, 0.25) is 0 Å². The van der Waals surface area contributed by atoms with Crippen molar-refractivity contribution >= 4 is 27.3 Å². The quantitative estimate of drug-likeness (QED) is 0.915. The summed E-state index contributed by atoms with van der Waals surface area (Å²) in [6.45, 7) is 0.189. The first-order valence-electron chi connectivity index (χ1n) is 5.16. The molecule has 0 amide bonds. The van der Waals surface area contributed by atoms with E-state index in [1.807, 2.05) is 12.3 Å². The molecule has 1 aliphatic rings. The van der Waals surface area contributed by atoms with E-state index in [0.717, 1.165) is 28.1 Å². The zero-order chi connectivity index (χ0) is 11.2. The standard InChI is InChI=1S/C11H11BrN2OS/c12-9-2-1-8(16-9)7-5-13-10(14-7)11(6-15)3-4-11/h1-2,5,15H,3-4,6H2,(H,13,14). The van der Waals surface area contributed by atoms with Gasteiger partial charge in [0.15, 0.2) is 0 Å². The van der Waals surface area contributed by atoms with Crippen LogP contribution in [0, 0.1) is 0 Å². The van der Waals surface area contributed by atoms with E-state index in [9.17, 15) is 5.11 Å². The number of hydrogen-bond acceptors (Lipinski definition) is 3. The molecule has 16 heavy (non-hydrogen) atoms. The van der Waals surface area contributed by atoms with Gasteiger partial charge in [-0.05, 0) is 40.9 Å². The SMILES string of the molecule is OCC1(c2ncc(-c3ccc(Br)s3)[nH]2)CC1. The first kappa shape index (κ1) is 10.5. The van der Waals surface area contributed by atoms with Gasteiger partial charge in [0.2, 0.25) is 0 Å². The lowest BCUT2D eigenvalue weighted by Gasteiger charge is -2.06. The molecule has 84 valence electrons. The van der Waals surface area contributed by atoms with Crippen LogP contribution in [0.25, 0.3) is 10.6 Å². The molecule has 0 atom stereocenters. The van der Waals surface area contributed by atoms with Crippen LogP contribution >= 0.6 is 27.3 Å². The molecule has 0 aliphatic heterocycles. The Balaban J connectivity index is 1.94. The van der Waals surface area contributed by atoms with Gasteiger partial charge in [0, 0.05) is 0 Å². The van der Waals surface area contributed by atoms with Crippen molar-refractivity contribution in [2.75, 3.05) is 6.61 Å². The topological polar surface area (TPSA) is 48.9 Å². The summed E-state index contributed by atoms with van der Waals surface area (Å²) >= 11 is 5.12. The lowest BCUT2D eigenvalue weighted by molar-refractivity contribution is 0.250. The van der Waals surface area contributed by atoms with Crippen molar-refractivity contribution in [3.8, 4) is 10.6 Å². The number of halogens is 1. The van der Waals surface area contributed by atoms with Crippen LogP contribution in [0.15, 0.2) is 22.1 Å². The summed E-state index contributed by atoms with van der Waals surface area (Å²) in [7, 11) is 0. The summed E-state index contributed by atoms with van der Waals surface area (Å²) in [5, 5.41) is 9.33. The molecule has 1 saturated carbocycles. The second-order valence-corrected chi connectivity index (χ2v) is 6.65. The highest BCUT2D eigenvalue weighted by atomic mass is 79.9. The summed E-state index contributed by atoms with van der Waals surface area (Å²) in [5.41, 5.74) is 0.956. The number of aliphatic hydroxyl groups is 1. The first-order chi connectivity index (χ1) is 7.73. The number of aliphatic hydroxyl groups excluding tert-OH is 1. The number of aromatic nitrogens is 2. The molecule has 0 bridgehead atoms. The fraction of sp³-hybridized carbons (Fsp3) is 0.364. The van der Waals surface area contributed by atoms with E-state index < -0.39 is 0 Å². The van der Waals surface area contributed by atoms with Gasteiger partial charge in [0.1, 0.15) is 5.82 Å². The Morgan fingerprint density at radius 1 is 1.50 bits per heavy atom. The van der Waals surface area contributed by atoms with Gasteiger partial charge in [-0.3, -0.25) is 0 Å². The van der Waals surface area contributed by atoms with E-state index in [1.165, 1.54) is 4.88 Å². The second-order valence-electron chi connectivity index (χ2n) is 4.19. The smallest absolute Gasteiger partial charge is 0.115 e. The Morgan fingerprint density at radius 2 is 2.31 bits per heavy atom. The molecule has 0 unspecified atom stereocenters. The molecule has 3 rings (SSSR count). The Bertz CT molecular complexity index is 516. The fourth-order valence-corrected chi connectivity index (χ4v) is 3.15. The third kappa shape index (κ3) is 1.63. The zero-order valence-corrected chi connectivity index (χ0v) is 10.9. The van der Waals surface area contributed by atoms with E-state index in [2.05, 4.69) is 32.0 Å². The summed E-state index contributed by atoms with van der Waals surface area (Å²) < 4.78 is 1.11. The van der Waals surface area contributed by atoms with Crippen molar-refractivity contribution in [3.05, 3.63) is 27.9 Å². The number of rotatable bonds is 3. The molecule has 2 aromatic rings. The van der Waals surface area contributed by atoms with Gasteiger partial charge in [-0.15, -0.1) is 11.3 Å². The Labute approximate surface area is 106 Å². The van der Waals surface area contributed by atoms with Crippen LogP contribution in [0.5, 0.6) is 0 Å². The molecule has 1 aliphatic carbocycles. The number of nitrogens with zero attached hydrogens (tertiary/aromatic N) is 1. The number of H-pyrrole nitrogens is 1. The summed E-state index contributed by atoms with van der Waals surface area (Å²) in [4.78, 5) is 8.86. The van der Waals surface area contributed by atoms with Crippen LogP contribution in [0.4, 0.5) is 0 Å². The van der Waals surface area contributed by atoms with Gasteiger partial charge in [-0.25, -0.2) is 4.98 Å². The highest BCUT2D eigenvalue weighted by Crippen LogP contribution is 2.46. The number of thiophene rings is 1. The number of aromatic amines is 1. The largest absolute Gasteiger partial charge is 0.395 e. The minimum absolute atomic E-state index is 0.0766. The average Bonchev–Trinajstić information content (AvgIpc) is 2.74. The van der Waals surface area contributed by atoms with Gasteiger partial charge < -0.3 is 10.1 Å². The van der Waals surface area contributed by atoms with E-state index in [4.69, 9.17) is 0 Å². The maximum atomic E-state index is 9.33. The molecule has 0 aromatic carbocycles. The number of nitrogens with one attached hydrogen (secondary N) is 1. The Hall–Kier alpha value is -0.650. The van der Waals surface area contributed by atoms with E-state index in [-0.39, 0.29) is 12.0 Å². The van der Waals surface area contributed by atoms with Crippen LogP contribution < -0.4 is 0 Å². The van der Waals surface area contributed by atoms with E-state index in [0.29, 0.717) is 0 Å². The predicted molar refractivity (Wildman–Crippen MR) is 67.6 cm³/mol. The van der Waals surface area contributed by atoms with E-state index >= 15 is 0 Å². The zero-order valence-electron chi connectivity index (χ0n) is 8.53. The van der Waals surface area contributed by atoms with E-state index in [1.54, 1.807) is 11.3 Å². The molecule has 2 N–H and O–H groups in total. The highest BCUT2D eigenvalue weighted by Gasteiger charge is 2.46. The predicted octanol–water partition coefficient (Wildman–Crippen LogP) is 2.92. The van der Waals surface area contributed by atoms with Crippen molar-refractivity contribution < 1.29 is 5.11 Å². The lowest BCUT2D eigenvalue weighted by atomic mass is 10.1. The van der Waals surface area contributed by atoms with Crippen molar-refractivity contribution in [1.82, 2.24) is 9.97 Å². The highest BCUT2D eigenvalue weighted by molar-refractivity contribution is 9.11. The van der Waals surface area contributed by atoms with Gasteiger partial charge in [0.25, 0.3) is 0 Å². The van der Waals surface area contributed by atoms with Crippen molar-refractivity contribution in [1.29, 1.82) is 0 Å². The normalized spacial score (nSPS) is 17.6. The molecule has 0 spiro atoms. The van der Waals surface area contributed by atoms with Gasteiger partial charge in [-0.1, -0.05) is 0 Å². The molecular formula is C11H11BrN2OS. The fourth-order valence-electron chi connectivity index (χ4n) is 1.80. The summed E-state index contributed by atoms with van der Waals surface area (Å²) in [6.07, 6.45) is 3.92. The van der Waals surface area contributed by atoms with Crippen molar-refractivity contribution in [3.63, 3.8) is 0 Å². The number of imidazole rings is 1. The van der Waals surface area contributed by atoms with Crippen LogP contribution in [-0.2, 0) is 5.41 Å². The Morgan fingerprint density at radius 3 is 2.88 bits per heavy atom. The Kier molecular flexibility index (Phi) is 2.42. The van der Waals surface area contributed by atoms with Crippen LogP contribution in [0.3, 0.4) is 0 Å². The van der Waals surface area contributed by atoms with Crippen molar-refractivity contribution in [2.45, 2.75) is 18.3 Å². The third-order valence-corrected chi connectivity index (χ3v) is 4.73. The molecule has 2 heterocycles. The molecule has 1 fully saturated rings. The van der Waals surface area contributed by atoms with Crippen LogP contribution in [-0.4, -0.2) is 21.7 Å². The lowest BCUT2D eigenvalue weighted by Crippen LogP contribution is -2.13. The van der Waals surface area contributed by atoms with Crippen molar-refractivity contribution in [2.24, 2.45) is 0 Å². The minimum atomic E-state index is -0.0766. The average molecular weight is 299 g/mol. The molecule has 5 heteroatoms. The molecule has 2 aromatic heterocycles. The third-order valence-electron chi connectivity index (χ3n) is 3.07. The minimum Gasteiger partial charge on any atom is -0.395 e. The second kappa shape index (κ2) is 3.68. The van der Waals surface area contributed by atoms with Crippen LogP contribution in [0.1, 0.15) is 18.7 Å². The maximum absolute atomic E-state index is 9.33. The molecule has 0 radical (unpaired) electrons. The summed E-state index contributed by atoms with van der Waals surface area (Å²) in [5.74, 6) is 0.925. The molecule has 0 saturated heterocycles. The molecular weight excluding hydrogens is 288 g/mol. The monoisotopic (exact) mass is 298 g/mol. The first-order valence-corrected chi connectivity index (χ1v) is 6.76. The van der Waals surface area contributed by atoms with Gasteiger partial charge >= 0.3 is 0 Å².